The lowest BCUT2D eigenvalue weighted by atomic mass is 10.0. The Bertz CT molecular complexity index is 710. The van der Waals surface area contributed by atoms with Gasteiger partial charge in [0.2, 0.25) is 0 Å². The van der Waals surface area contributed by atoms with Gasteiger partial charge < -0.3 is 5.32 Å². The van der Waals surface area contributed by atoms with Gasteiger partial charge in [-0.25, -0.2) is 4.39 Å². The molecular formula is C16H12ClF4NO. The van der Waals surface area contributed by atoms with Gasteiger partial charge in [0.15, 0.2) is 0 Å². The van der Waals surface area contributed by atoms with Crippen molar-refractivity contribution in [3.63, 3.8) is 0 Å². The Hall–Kier alpha value is -2.08. The molecule has 2 aromatic carbocycles. The van der Waals surface area contributed by atoms with Crippen molar-refractivity contribution in [1.82, 2.24) is 5.32 Å². The van der Waals surface area contributed by atoms with Gasteiger partial charge in [-0.15, -0.1) is 0 Å². The first kappa shape index (κ1) is 17.3. The van der Waals surface area contributed by atoms with Crippen molar-refractivity contribution in [3.8, 4) is 0 Å². The maximum absolute atomic E-state index is 13.7. The zero-order valence-electron chi connectivity index (χ0n) is 11.9. The largest absolute Gasteiger partial charge is 0.416 e. The number of carbonyl (C=O) groups is 1. The highest BCUT2D eigenvalue weighted by Crippen LogP contribution is 2.31. The van der Waals surface area contributed by atoms with Crippen LogP contribution in [0.1, 0.15) is 34.5 Å². The average molecular weight is 346 g/mol. The van der Waals surface area contributed by atoms with Gasteiger partial charge in [-0.1, -0.05) is 29.8 Å². The van der Waals surface area contributed by atoms with E-state index >= 15 is 0 Å². The summed E-state index contributed by atoms with van der Waals surface area (Å²) >= 11 is 5.79. The first-order chi connectivity index (χ1) is 10.7. The van der Waals surface area contributed by atoms with Crippen molar-refractivity contribution in [2.75, 3.05) is 0 Å². The van der Waals surface area contributed by atoms with Gasteiger partial charge >= 0.3 is 6.18 Å². The Morgan fingerprint density at radius 2 is 1.83 bits per heavy atom. The number of amides is 1. The number of carbonyl (C=O) groups excluding carboxylic acids is 1. The molecule has 1 atom stereocenters. The number of halogens is 5. The zero-order valence-corrected chi connectivity index (χ0v) is 12.7. The molecular weight excluding hydrogens is 334 g/mol. The van der Waals surface area contributed by atoms with Crippen LogP contribution in [0.25, 0.3) is 0 Å². The van der Waals surface area contributed by atoms with E-state index in [1.807, 2.05) is 0 Å². The van der Waals surface area contributed by atoms with Crippen LogP contribution in [0, 0.1) is 5.82 Å². The fourth-order valence-corrected chi connectivity index (χ4v) is 2.30. The molecule has 0 heterocycles. The molecule has 0 bridgehead atoms. The average Bonchev–Trinajstić information content (AvgIpc) is 2.46. The molecule has 0 spiro atoms. The molecule has 0 aromatic heterocycles. The molecule has 0 unspecified atom stereocenters. The van der Waals surface area contributed by atoms with Gasteiger partial charge in [0.25, 0.3) is 5.91 Å². The second-order valence-corrected chi connectivity index (χ2v) is 5.32. The highest BCUT2D eigenvalue weighted by atomic mass is 35.5. The van der Waals surface area contributed by atoms with Crippen LogP contribution in [0.5, 0.6) is 0 Å². The fraction of sp³-hybridized carbons (Fsp3) is 0.188. The summed E-state index contributed by atoms with van der Waals surface area (Å²) in [5, 5.41) is 2.37. The van der Waals surface area contributed by atoms with E-state index in [-0.39, 0.29) is 16.1 Å². The van der Waals surface area contributed by atoms with E-state index < -0.39 is 29.5 Å². The lowest BCUT2D eigenvalue weighted by Crippen LogP contribution is -2.28. The van der Waals surface area contributed by atoms with Crippen LogP contribution in [-0.2, 0) is 6.18 Å². The van der Waals surface area contributed by atoms with Crippen LogP contribution in [0.15, 0.2) is 42.5 Å². The molecule has 0 saturated carbocycles. The lowest BCUT2D eigenvalue weighted by Gasteiger charge is -2.17. The summed E-state index contributed by atoms with van der Waals surface area (Å²) in [7, 11) is 0. The van der Waals surface area contributed by atoms with E-state index in [4.69, 9.17) is 11.6 Å². The van der Waals surface area contributed by atoms with Gasteiger partial charge in [-0.05, 0) is 36.8 Å². The predicted molar refractivity (Wildman–Crippen MR) is 78.7 cm³/mol. The Labute approximate surface area is 135 Å². The number of benzene rings is 2. The van der Waals surface area contributed by atoms with Gasteiger partial charge in [-0.3, -0.25) is 4.79 Å². The standard InChI is InChI=1S/C16H12ClF4NO/c1-9(10-4-2-5-11(8-10)16(19,20)21)22-15(23)14-12(17)6-3-7-13(14)18/h2-9H,1H3,(H,22,23)/t9-/m0/s1. The number of nitrogens with one attached hydrogen (secondary N) is 1. The number of alkyl halides is 3. The zero-order chi connectivity index (χ0) is 17.2. The van der Waals surface area contributed by atoms with Gasteiger partial charge in [-0.2, -0.15) is 13.2 Å². The van der Waals surface area contributed by atoms with Crippen LogP contribution in [0.4, 0.5) is 17.6 Å². The molecule has 23 heavy (non-hydrogen) atoms. The molecule has 1 N–H and O–H groups in total. The maximum atomic E-state index is 13.7. The first-order valence-electron chi connectivity index (χ1n) is 6.62. The third-order valence-electron chi connectivity index (χ3n) is 3.25. The summed E-state index contributed by atoms with van der Waals surface area (Å²) in [4.78, 5) is 12.1. The van der Waals surface area contributed by atoms with Gasteiger partial charge in [0.1, 0.15) is 5.82 Å². The van der Waals surface area contributed by atoms with E-state index in [2.05, 4.69) is 5.32 Å². The van der Waals surface area contributed by atoms with Crippen molar-refractivity contribution in [1.29, 1.82) is 0 Å². The molecule has 0 aliphatic carbocycles. The second kappa shape index (κ2) is 6.58. The summed E-state index contributed by atoms with van der Waals surface area (Å²) in [6.07, 6.45) is -4.48. The SMILES string of the molecule is C[C@H](NC(=O)c1c(F)cccc1Cl)c1cccc(C(F)(F)F)c1. The molecule has 0 radical (unpaired) electrons. The van der Waals surface area contributed by atoms with Crippen LogP contribution in [0.3, 0.4) is 0 Å². The highest BCUT2D eigenvalue weighted by Gasteiger charge is 2.30. The van der Waals surface area contributed by atoms with Crippen LogP contribution in [-0.4, -0.2) is 5.91 Å². The summed E-state index contributed by atoms with van der Waals surface area (Å²) in [5.74, 6) is -1.59. The van der Waals surface area contributed by atoms with Gasteiger partial charge in [0, 0.05) is 0 Å². The minimum absolute atomic E-state index is 0.0706. The Morgan fingerprint density at radius 3 is 2.43 bits per heavy atom. The molecule has 2 rings (SSSR count). The second-order valence-electron chi connectivity index (χ2n) is 4.92. The fourth-order valence-electron chi connectivity index (χ4n) is 2.05. The molecule has 0 aliphatic heterocycles. The van der Waals surface area contributed by atoms with Crippen molar-refractivity contribution < 1.29 is 22.4 Å². The molecule has 0 fully saturated rings. The molecule has 2 nitrogen and oxygen atoms in total. The predicted octanol–water partition coefficient (Wildman–Crippen LogP) is 4.99. The molecule has 122 valence electrons. The van der Waals surface area contributed by atoms with E-state index in [9.17, 15) is 22.4 Å². The summed E-state index contributed by atoms with van der Waals surface area (Å²) in [6.45, 7) is 1.50. The summed E-state index contributed by atoms with van der Waals surface area (Å²) < 4.78 is 51.8. The Morgan fingerprint density at radius 1 is 1.17 bits per heavy atom. The van der Waals surface area contributed by atoms with Crippen LogP contribution >= 0.6 is 11.6 Å². The molecule has 0 saturated heterocycles. The monoisotopic (exact) mass is 345 g/mol. The molecule has 2 aromatic rings. The summed E-state index contributed by atoms with van der Waals surface area (Å²) in [5.41, 5.74) is -0.909. The minimum Gasteiger partial charge on any atom is -0.345 e. The number of hydrogen-bond donors (Lipinski definition) is 1. The Kier molecular flexibility index (Phi) is 4.94. The molecule has 1 amide bonds. The molecule has 0 aliphatic rings. The molecule has 7 heteroatoms. The van der Waals surface area contributed by atoms with Crippen molar-refractivity contribution in [2.45, 2.75) is 19.1 Å². The van der Waals surface area contributed by atoms with Crippen LogP contribution in [0.2, 0.25) is 5.02 Å². The van der Waals surface area contributed by atoms with Gasteiger partial charge in [0.05, 0.1) is 22.2 Å². The quantitative estimate of drug-likeness (QED) is 0.780. The third-order valence-corrected chi connectivity index (χ3v) is 3.57. The number of hydrogen-bond acceptors (Lipinski definition) is 1. The summed E-state index contributed by atoms with van der Waals surface area (Å²) in [6, 6.07) is 7.61. The highest BCUT2D eigenvalue weighted by molar-refractivity contribution is 6.33. The van der Waals surface area contributed by atoms with Crippen molar-refractivity contribution in [2.24, 2.45) is 0 Å². The van der Waals surface area contributed by atoms with E-state index in [0.717, 1.165) is 18.2 Å². The maximum Gasteiger partial charge on any atom is 0.416 e. The Balaban J connectivity index is 2.22. The normalized spacial score (nSPS) is 12.8. The van der Waals surface area contributed by atoms with E-state index in [0.29, 0.717) is 0 Å². The van der Waals surface area contributed by atoms with E-state index in [1.165, 1.54) is 31.2 Å². The minimum atomic E-state index is -4.48. The van der Waals surface area contributed by atoms with E-state index in [1.54, 1.807) is 0 Å². The third kappa shape index (κ3) is 4.01. The number of rotatable bonds is 3. The smallest absolute Gasteiger partial charge is 0.345 e. The van der Waals surface area contributed by atoms with Crippen molar-refractivity contribution >= 4 is 17.5 Å². The first-order valence-corrected chi connectivity index (χ1v) is 7.00. The van der Waals surface area contributed by atoms with Crippen molar-refractivity contribution in [3.05, 3.63) is 70.0 Å². The van der Waals surface area contributed by atoms with Crippen LogP contribution < -0.4 is 5.32 Å². The lowest BCUT2D eigenvalue weighted by molar-refractivity contribution is -0.137. The topological polar surface area (TPSA) is 29.1 Å².